The van der Waals surface area contributed by atoms with Crippen LogP contribution in [0.2, 0.25) is 0 Å². The van der Waals surface area contributed by atoms with Gasteiger partial charge in [-0.2, -0.15) is 0 Å². The number of carbonyl (C=O) groups is 2. The highest BCUT2D eigenvalue weighted by atomic mass is 19.1. The Bertz CT molecular complexity index is 1100. The van der Waals surface area contributed by atoms with Gasteiger partial charge in [0, 0.05) is 29.7 Å². The first-order chi connectivity index (χ1) is 14.6. The second-order valence-corrected chi connectivity index (χ2v) is 7.45. The Morgan fingerprint density at radius 2 is 1.87 bits per heavy atom. The number of rotatable bonds is 4. The molecule has 1 atom stereocenters. The fourth-order valence-corrected chi connectivity index (χ4v) is 3.99. The van der Waals surface area contributed by atoms with E-state index in [-0.39, 0.29) is 17.7 Å². The summed E-state index contributed by atoms with van der Waals surface area (Å²) in [4.78, 5) is 27.7. The standard InChI is InChI=1S/C24H23FN2O3/c1-30-22-12-11-21(19-9-2-3-10-20(19)22)24(29)27-13-5-6-16(15-27)23(28)26-18-8-4-7-17(25)14-18/h2-4,7-12,14,16H,5-6,13,15H2,1H3,(H,26,28)/t16-/m1/s1. The minimum Gasteiger partial charge on any atom is -0.496 e. The van der Waals surface area contributed by atoms with Gasteiger partial charge in [0.1, 0.15) is 11.6 Å². The third-order valence-corrected chi connectivity index (χ3v) is 5.51. The summed E-state index contributed by atoms with van der Waals surface area (Å²) >= 11 is 0. The highest BCUT2D eigenvalue weighted by Gasteiger charge is 2.29. The molecule has 0 unspecified atom stereocenters. The van der Waals surface area contributed by atoms with E-state index in [4.69, 9.17) is 4.74 Å². The van der Waals surface area contributed by atoms with Gasteiger partial charge in [-0.15, -0.1) is 0 Å². The summed E-state index contributed by atoms with van der Waals surface area (Å²) in [6, 6.07) is 17.0. The Kier molecular flexibility index (Phi) is 5.65. The SMILES string of the molecule is COc1ccc(C(=O)N2CCC[C@@H](C(=O)Nc3cccc(F)c3)C2)c2ccccc12. The predicted molar refractivity (Wildman–Crippen MR) is 114 cm³/mol. The Morgan fingerprint density at radius 3 is 2.63 bits per heavy atom. The predicted octanol–water partition coefficient (Wildman–Crippen LogP) is 4.48. The van der Waals surface area contributed by atoms with E-state index in [1.807, 2.05) is 24.3 Å². The van der Waals surface area contributed by atoms with Crippen LogP contribution in [0.3, 0.4) is 0 Å². The third-order valence-electron chi connectivity index (χ3n) is 5.51. The molecule has 3 aromatic carbocycles. The number of hydrogen-bond donors (Lipinski definition) is 1. The number of fused-ring (bicyclic) bond motifs is 1. The number of methoxy groups -OCH3 is 1. The summed E-state index contributed by atoms with van der Waals surface area (Å²) in [7, 11) is 1.61. The maximum Gasteiger partial charge on any atom is 0.254 e. The minimum atomic E-state index is -0.403. The molecular weight excluding hydrogens is 383 g/mol. The summed E-state index contributed by atoms with van der Waals surface area (Å²) < 4.78 is 18.8. The van der Waals surface area contributed by atoms with Crippen molar-refractivity contribution in [3.05, 3.63) is 72.0 Å². The van der Waals surface area contributed by atoms with Gasteiger partial charge in [0.2, 0.25) is 5.91 Å². The quantitative estimate of drug-likeness (QED) is 0.695. The van der Waals surface area contributed by atoms with Crippen molar-refractivity contribution in [3.63, 3.8) is 0 Å². The lowest BCUT2D eigenvalue weighted by molar-refractivity contribution is -0.121. The zero-order chi connectivity index (χ0) is 21.1. The lowest BCUT2D eigenvalue weighted by atomic mass is 9.95. The lowest BCUT2D eigenvalue weighted by Gasteiger charge is -2.32. The summed E-state index contributed by atoms with van der Waals surface area (Å²) in [5.41, 5.74) is 1.02. The van der Waals surface area contributed by atoms with Gasteiger partial charge in [0.25, 0.3) is 5.91 Å². The summed E-state index contributed by atoms with van der Waals surface area (Å²) in [6.07, 6.45) is 1.43. The van der Waals surface area contributed by atoms with Crippen LogP contribution in [-0.4, -0.2) is 36.9 Å². The largest absolute Gasteiger partial charge is 0.496 e. The lowest BCUT2D eigenvalue weighted by Crippen LogP contribution is -2.43. The fraction of sp³-hybridized carbons (Fsp3) is 0.250. The highest BCUT2D eigenvalue weighted by molar-refractivity contribution is 6.08. The average Bonchev–Trinajstić information content (AvgIpc) is 2.78. The molecule has 4 rings (SSSR count). The monoisotopic (exact) mass is 406 g/mol. The zero-order valence-electron chi connectivity index (χ0n) is 16.7. The van der Waals surface area contributed by atoms with E-state index in [1.165, 1.54) is 12.1 Å². The van der Waals surface area contributed by atoms with E-state index < -0.39 is 5.82 Å². The van der Waals surface area contributed by atoms with Crippen LogP contribution in [-0.2, 0) is 4.79 Å². The number of ether oxygens (including phenoxy) is 1. The van der Waals surface area contributed by atoms with Crippen molar-refractivity contribution in [3.8, 4) is 5.75 Å². The van der Waals surface area contributed by atoms with Crippen LogP contribution >= 0.6 is 0 Å². The first-order valence-electron chi connectivity index (χ1n) is 9.98. The van der Waals surface area contributed by atoms with Crippen LogP contribution < -0.4 is 10.1 Å². The van der Waals surface area contributed by atoms with Crippen molar-refractivity contribution in [2.45, 2.75) is 12.8 Å². The minimum absolute atomic E-state index is 0.0999. The van der Waals surface area contributed by atoms with E-state index in [0.29, 0.717) is 36.5 Å². The van der Waals surface area contributed by atoms with Crippen molar-refractivity contribution >= 4 is 28.3 Å². The number of amides is 2. The summed E-state index contributed by atoms with van der Waals surface area (Å²) in [5, 5.41) is 4.47. The van der Waals surface area contributed by atoms with Crippen molar-refractivity contribution in [2.24, 2.45) is 5.92 Å². The van der Waals surface area contributed by atoms with Crippen molar-refractivity contribution in [1.29, 1.82) is 0 Å². The summed E-state index contributed by atoms with van der Waals surface area (Å²) in [6.45, 7) is 0.934. The van der Waals surface area contributed by atoms with Gasteiger partial charge < -0.3 is 15.0 Å². The normalized spacial score (nSPS) is 16.3. The number of nitrogens with one attached hydrogen (secondary N) is 1. The molecule has 1 saturated heterocycles. The molecule has 154 valence electrons. The number of likely N-dealkylation sites (tertiary alicyclic amines) is 1. The smallest absolute Gasteiger partial charge is 0.254 e. The van der Waals surface area contributed by atoms with Gasteiger partial charge >= 0.3 is 0 Å². The molecule has 5 nitrogen and oxygen atoms in total. The molecule has 1 aliphatic rings. The Labute approximate surface area is 174 Å². The van der Waals surface area contributed by atoms with E-state index in [1.54, 1.807) is 36.3 Å². The number of benzene rings is 3. The molecule has 1 aliphatic heterocycles. The maximum atomic E-state index is 13.4. The van der Waals surface area contributed by atoms with Gasteiger partial charge in [0.05, 0.1) is 13.0 Å². The van der Waals surface area contributed by atoms with Crippen LogP contribution in [0, 0.1) is 11.7 Å². The molecule has 0 saturated carbocycles. The van der Waals surface area contributed by atoms with Gasteiger partial charge in [-0.1, -0.05) is 30.3 Å². The first-order valence-corrected chi connectivity index (χ1v) is 9.98. The van der Waals surface area contributed by atoms with Crippen LogP contribution in [0.25, 0.3) is 10.8 Å². The highest BCUT2D eigenvalue weighted by Crippen LogP contribution is 2.30. The van der Waals surface area contributed by atoms with Gasteiger partial charge in [-0.05, 0) is 48.6 Å². The fourth-order valence-electron chi connectivity index (χ4n) is 3.99. The molecule has 0 radical (unpaired) electrons. The molecule has 0 spiro atoms. The number of halogens is 1. The Morgan fingerprint density at radius 1 is 1.07 bits per heavy atom. The molecule has 1 heterocycles. The molecule has 2 amide bonds. The molecule has 1 fully saturated rings. The molecule has 3 aromatic rings. The van der Waals surface area contributed by atoms with Gasteiger partial charge in [-0.25, -0.2) is 4.39 Å². The second-order valence-electron chi connectivity index (χ2n) is 7.45. The number of anilines is 1. The molecule has 6 heteroatoms. The Hall–Kier alpha value is -3.41. The van der Waals surface area contributed by atoms with Crippen LogP contribution in [0.5, 0.6) is 5.75 Å². The van der Waals surface area contributed by atoms with Gasteiger partial charge in [-0.3, -0.25) is 9.59 Å². The zero-order valence-corrected chi connectivity index (χ0v) is 16.7. The number of piperidine rings is 1. The van der Waals surface area contributed by atoms with E-state index >= 15 is 0 Å². The van der Waals surface area contributed by atoms with Gasteiger partial charge in [0.15, 0.2) is 0 Å². The van der Waals surface area contributed by atoms with E-state index in [9.17, 15) is 14.0 Å². The van der Waals surface area contributed by atoms with Crippen molar-refractivity contribution < 1.29 is 18.7 Å². The van der Waals surface area contributed by atoms with Crippen LogP contribution in [0.15, 0.2) is 60.7 Å². The number of carbonyl (C=O) groups excluding carboxylic acids is 2. The molecule has 0 aromatic heterocycles. The average molecular weight is 406 g/mol. The number of nitrogens with zero attached hydrogens (tertiary/aromatic N) is 1. The molecule has 30 heavy (non-hydrogen) atoms. The molecule has 0 bridgehead atoms. The van der Waals surface area contributed by atoms with E-state index in [2.05, 4.69) is 5.32 Å². The maximum absolute atomic E-state index is 13.4. The third kappa shape index (κ3) is 3.99. The molecule has 0 aliphatic carbocycles. The van der Waals surface area contributed by atoms with Crippen LogP contribution in [0.4, 0.5) is 10.1 Å². The molecule has 1 N–H and O–H groups in total. The number of hydrogen-bond acceptors (Lipinski definition) is 3. The Balaban J connectivity index is 1.53. The van der Waals surface area contributed by atoms with Crippen molar-refractivity contribution in [2.75, 3.05) is 25.5 Å². The molecular formula is C24H23FN2O3. The first kappa shape index (κ1) is 19.9. The topological polar surface area (TPSA) is 58.6 Å². The second kappa shape index (κ2) is 8.53. The van der Waals surface area contributed by atoms with Crippen molar-refractivity contribution in [1.82, 2.24) is 4.90 Å². The van der Waals surface area contributed by atoms with Crippen LogP contribution in [0.1, 0.15) is 23.2 Å². The summed E-state index contributed by atoms with van der Waals surface area (Å²) in [5.74, 6) is -0.321. The van der Waals surface area contributed by atoms with E-state index in [0.717, 1.165) is 17.2 Å².